The minimum atomic E-state index is -2.01. The summed E-state index contributed by atoms with van der Waals surface area (Å²) in [4.78, 5) is 5.48. The molecule has 0 heterocycles. The molecule has 35 heavy (non-hydrogen) atoms. The number of nitriles is 3. The van der Waals surface area contributed by atoms with Crippen LogP contribution in [0.15, 0.2) is 36.4 Å². The minimum Gasteiger partial charge on any atom is -0.232 e. The van der Waals surface area contributed by atoms with Gasteiger partial charge in [0.05, 0.1) is 42.0 Å². The molecule has 0 saturated heterocycles. The lowest BCUT2D eigenvalue weighted by atomic mass is 9.93. The number of benzene rings is 3. The van der Waals surface area contributed by atoms with Crippen LogP contribution >= 0.6 is 0 Å². The zero-order chi connectivity index (χ0) is 25.9. The largest absolute Gasteiger partial charge is 0.268 e. The average Bonchev–Trinajstić information content (AvgIpc) is 2.86. The number of hydrogen-bond donors (Lipinski definition) is 0. The van der Waals surface area contributed by atoms with Gasteiger partial charge >= 0.3 is 0 Å². The second-order valence-corrected chi connectivity index (χ2v) is 6.71. The fraction of sp³-hybridized carbons (Fsp3) is 0. The lowest BCUT2D eigenvalue weighted by Crippen LogP contribution is -2.18. The molecule has 3 rings (SSSR count). The highest BCUT2D eigenvalue weighted by atomic mass is 19.2. The van der Waals surface area contributed by atoms with Crippen molar-refractivity contribution in [3.8, 4) is 29.3 Å². The summed E-state index contributed by atoms with van der Waals surface area (Å²) < 4.78 is 71.8. The Hall–Kier alpha value is -5.50. The Balaban J connectivity index is 2.67. The Morgan fingerprint density at radius 2 is 1.43 bits per heavy atom. The molecule has 0 spiro atoms. The smallest absolute Gasteiger partial charge is 0.232 e. The van der Waals surface area contributed by atoms with Gasteiger partial charge < -0.3 is 0 Å². The summed E-state index contributed by atoms with van der Waals surface area (Å²) in [5.74, 6) is -8.80. The molecule has 0 fully saturated rings. The van der Waals surface area contributed by atoms with E-state index in [9.17, 15) is 37.7 Å². The molecule has 0 saturated carbocycles. The highest BCUT2D eigenvalue weighted by Gasteiger charge is 2.28. The van der Waals surface area contributed by atoms with Crippen LogP contribution in [0.5, 0.6) is 0 Å². The Morgan fingerprint density at radius 1 is 0.771 bits per heavy atom. The van der Waals surface area contributed by atoms with Gasteiger partial charge in [0, 0.05) is 10.8 Å². The molecular weight excluding hydrogens is 465 g/mol. The van der Waals surface area contributed by atoms with Crippen molar-refractivity contribution in [3.05, 3.63) is 110 Å². The fourth-order valence-electron chi connectivity index (χ4n) is 3.32. The predicted octanol–water partition coefficient (Wildman–Crippen LogP) is 4.75. The van der Waals surface area contributed by atoms with E-state index < -0.39 is 51.6 Å². The van der Waals surface area contributed by atoms with Gasteiger partial charge in [0.25, 0.3) is 11.4 Å². The molecule has 0 aliphatic rings. The van der Waals surface area contributed by atoms with Crippen molar-refractivity contribution in [1.82, 2.24) is 0 Å². The Labute approximate surface area is 194 Å². The molecule has 10 heteroatoms. The molecule has 0 aromatic heterocycles. The molecule has 0 amide bonds. The monoisotopic (exact) mass is 471 g/mol. The standard InChI is InChI=1S/C25H6F5N5/c1-34-19(11-33)12-3-5-16(17(8-12)15-6-4-14(26)7-13(15)9-31)18(10-32)20-21(27)23(29)25(35-2)24(30)22(20)28/h3-8H/b18-16+,19-12+. The van der Waals surface area contributed by atoms with Crippen LogP contribution in [0.3, 0.4) is 0 Å². The Morgan fingerprint density at radius 3 is 1.94 bits per heavy atom. The van der Waals surface area contributed by atoms with Crippen molar-refractivity contribution in [3.63, 3.8) is 0 Å². The van der Waals surface area contributed by atoms with E-state index >= 15 is 0 Å². The van der Waals surface area contributed by atoms with E-state index in [4.69, 9.17) is 13.1 Å². The van der Waals surface area contributed by atoms with Crippen molar-refractivity contribution in [2.24, 2.45) is 0 Å². The van der Waals surface area contributed by atoms with E-state index in [2.05, 4.69) is 9.69 Å². The summed E-state index contributed by atoms with van der Waals surface area (Å²) in [6, 6.07) is 11.1. The molecule has 0 radical (unpaired) electrons. The first-order valence-corrected chi connectivity index (χ1v) is 9.24. The number of hydrogen-bond acceptors (Lipinski definition) is 3. The summed E-state index contributed by atoms with van der Waals surface area (Å²) in [5, 5.41) is 28.1. The fourth-order valence-corrected chi connectivity index (χ4v) is 3.32. The SMILES string of the molecule is [C-]#[N+]/C(C#N)=c1\cc/c(=C(/C#N)c2c(F)c(F)c([N+]#[C-])c(F)c2F)c(-c2ccc(F)cc2C#N)c1. The zero-order valence-electron chi connectivity index (χ0n) is 17.1. The quantitative estimate of drug-likeness (QED) is 0.308. The Bertz CT molecular complexity index is 1710. The van der Waals surface area contributed by atoms with Crippen molar-refractivity contribution in [2.45, 2.75) is 0 Å². The highest BCUT2D eigenvalue weighted by molar-refractivity contribution is 5.84. The summed E-state index contributed by atoms with van der Waals surface area (Å²) >= 11 is 0. The van der Waals surface area contributed by atoms with E-state index in [0.29, 0.717) is 0 Å². The maximum absolute atomic E-state index is 14.8. The van der Waals surface area contributed by atoms with E-state index in [-0.39, 0.29) is 27.1 Å². The van der Waals surface area contributed by atoms with Gasteiger partial charge in [-0.15, -0.1) is 0 Å². The number of halogens is 5. The van der Waals surface area contributed by atoms with Gasteiger partial charge in [0.1, 0.15) is 11.9 Å². The molecule has 0 unspecified atom stereocenters. The van der Waals surface area contributed by atoms with Gasteiger partial charge in [-0.05, 0) is 22.9 Å². The predicted molar refractivity (Wildman–Crippen MR) is 112 cm³/mol. The van der Waals surface area contributed by atoms with Crippen LogP contribution in [-0.2, 0) is 0 Å². The van der Waals surface area contributed by atoms with Gasteiger partial charge in [-0.2, -0.15) is 10.5 Å². The van der Waals surface area contributed by atoms with Crippen molar-refractivity contribution in [1.29, 1.82) is 15.8 Å². The normalized spacial score (nSPS) is 11.8. The molecule has 0 bridgehead atoms. The van der Waals surface area contributed by atoms with Crippen LogP contribution in [-0.4, -0.2) is 0 Å². The lowest BCUT2D eigenvalue weighted by Gasteiger charge is -2.11. The van der Waals surface area contributed by atoms with E-state index in [1.54, 1.807) is 12.1 Å². The molecule has 3 aromatic rings. The Kier molecular flexibility index (Phi) is 6.59. The second kappa shape index (κ2) is 9.55. The third-order valence-corrected chi connectivity index (χ3v) is 4.89. The first-order valence-electron chi connectivity index (χ1n) is 9.24. The van der Waals surface area contributed by atoms with Crippen LogP contribution in [0.1, 0.15) is 11.1 Å². The van der Waals surface area contributed by atoms with Crippen LogP contribution in [0, 0.1) is 76.2 Å². The number of nitrogens with zero attached hydrogens (tertiary/aromatic N) is 5. The van der Waals surface area contributed by atoms with Gasteiger partial charge in [-0.1, -0.05) is 24.3 Å². The van der Waals surface area contributed by atoms with Gasteiger partial charge in [-0.25, -0.2) is 36.9 Å². The van der Waals surface area contributed by atoms with Crippen LogP contribution in [0.2, 0.25) is 0 Å². The third kappa shape index (κ3) is 4.03. The first-order chi connectivity index (χ1) is 16.7. The van der Waals surface area contributed by atoms with Crippen LogP contribution in [0.25, 0.3) is 32.1 Å². The molecular formula is C25H6F5N5. The maximum Gasteiger partial charge on any atom is 0.268 e. The van der Waals surface area contributed by atoms with Crippen LogP contribution < -0.4 is 10.4 Å². The van der Waals surface area contributed by atoms with E-state index in [0.717, 1.165) is 36.4 Å². The van der Waals surface area contributed by atoms with Crippen molar-refractivity contribution >= 4 is 17.0 Å². The van der Waals surface area contributed by atoms with Crippen molar-refractivity contribution < 1.29 is 22.0 Å². The topological polar surface area (TPSA) is 80.1 Å². The van der Waals surface area contributed by atoms with Gasteiger partial charge in [0.15, 0.2) is 23.3 Å². The minimum absolute atomic E-state index is 0.00610. The molecule has 0 N–H and O–H groups in total. The average molecular weight is 471 g/mol. The van der Waals surface area contributed by atoms with E-state index in [1.807, 2.05) is 0 Å². The summed E-state index contributed by atoms with van der Waals surface area (Å²) in [6.45, 7) is 13.9. The molecule has 166 valence electrons. The summed E-state index contributed by atoms with van der Waals surface area (Å²) in [7, 11) is 0. The highest BCUT2D eigenvalue weighted by Crippen LogP contribution is 2.33. The third-order valence-electron chi connectivity index (χ3n) is 4.89. The first kappa shape index (κ1) is 24.1. The zero-order valence-corrected chi connectivity index (χ0v) is 17.1. The molecule has 5 nitrogen and oxygen atoms in total. The molecule has 0 atom stereocenters. The molecule has 0 aliphatic carbocycles. The van der Waals surface area contributed by atoms with Gasteiger partial charge in [-0.3, -0.25) is 0 Å². The molecule has 0 aliphatic heterocycles. The lowest BCUT2D eigenvalue weighted by molar-refractivity contribution is 0.457. The van der Waals surface area contributed by atoms with Crippen LogP contribution in [0.4, 0.5) is 27.6 Å². The van der Waals surface area contributed by atoms with Gasteiger partial charge in [0.2, 0.25) is 0 Å². The maximum atomic E-state index is 14.8. The second-order valence-electron chi connectivity index (χ2n) is 6.71. The molecule has 3 aromatic carbocycles. The number of rotatable bonds is 2. The summed E-state index contributed by atoms with van der Waals surface area (Å²) in [6.07, 6.45) is 0. The van der Waals surface area contributed by atoms with Crippen molar-refractivity contribution in [2.75, 3.05) is 0 Å². The summed E-state index contributed by atoms with van der Waals surface area (Å²) in [5.41, 5.74) is -4.74. The van der Waals surface area contributed by atoms with E-state index in [1.165, 1.54) is 6.07 Å².